The van der Waals surface area contributed by atoms with Crippen LogP contribution >= 0.6 is 0 Å². The number of anilines is 1. The third-order valence-electron chi connectivity index (χ3n) is 3.26. The van der Waals surface area contributed by atoms with Gasteiger partial charge in [-0.15, -0.1) is 0 Å². The summed E-state index contributed by atoms with van der Waals surface area (Å²) in [6.07, 6.45) is -2.38. The molecule has 2 rings (SSSR count). The quantitative estimate of drug-likeness (QED) is 0.675. The molecule has 2 aromatic rings. The maximum absolute atomic E-state index is 12.9. The van der Waals surface area contributed by atoms with Crippen molar-refractivity contribution in [2.24, 2.45) is 0 Å². The Morgan fingerprint density at radius 1 is 1.20 bits per heavy atom. The predicted octanol–water partition coefficient (Wildman–Crippen LogP) is 2.05. The molecule has 1 aromatic heterocycles. The maximum atomic E-state index is 12.9. The minimum Gasteiger partial charge on any atom is -0.619 e. The van der Waals surface area contributed by atoms with Crippen molar-refractivity contribution in [3.05, 3.63) is 65.1 Å². The highest BCUT2D eigenvalue weighted by atomic mass is 19.4. The van der Waals surface area contributed by atoms with E-state index in [9.17, 15) is 28.0 Å². The van der Waals surface area contributed by atoms with E-state index in [2.05, 4.69) is 5.32 Å². The molecule has 0 fully saturated rings. The van der Waals surface area contributed by atoms with Crippen molar-refractivity contribution in [3.8, 4) is 0 Å². The molecule has 1 heterocycles. The molecule has 0 spiro atoms. The topological polar surface area (TPSA) is 76.4 Å². The van der Waals surface area contributed by atoms with Gasteiger partial charge in [0.25, 0.3) is 5.91 Å². The van der Waals surface area contributed by atoms with Crippen LogP contribution in [0.2, 0.25) is 0 Å². The number of aromatic nitrogens is 1. The third kappa shape index (κ3) is 4.69. The van der Waals surface area contributed by atoms with Crippen LogP contribution in [0.15, 0.2) is 48.8 Å². The van der Waals surface area contributed by atoms with Crippen LogP contribution in [0, 0.1) is 5.21 Å². The van der Waals surface area contributed by atoms with Gasteiger partial charge in [-0.3, -0.25) is 9.59 Å². The number of benzene rings is 1. The summed E-state index contributed by atoms with van der Waals surface area (Å²) in [7, 11) is 1.31. The van der Waals surface area contributed by atoms with Crippen molar-refractivity contribution in [1.29, 1.82) is 0 Å². The van der Waals surface area contributed by atoms with E-state index < -0.39 is 35.8 Å². The second kappa shape index (κ2) is 7.20. The summed E-state index contributed by atoms with van der Waals surface area (Å²) in [5, 5.41) is 13.3. The lowest BCUT2D eigenvalue weighted by atomic mass is 10.1. The van der Waals surface area contributed by atoms with Crippen LogP contribution in [0.4, 0.5) is 18.9 Å². The number of pyridine rings is 1. The summed E-state index contributed by atoms with van der Waals surface area (Å²) < 4.78 is 39.1. The van der Waals surface area contributed by atoms with Crippen molar-refractivity contribution in [1.82, 2.24) is 4.90 Å². The Labute approximate surface area is 141 Å². The molecule has 132 valence electrons. The van der Waals surface area contributed by atoms with Gasteiger partial charge >= 0.3 is 6.18 Å². The van der Waals surface area contributed by atoms with Crippen molar-refractivity contribution >= 4 is 17.5 Å². The summed E-state index contributed by atoms with van der Waals surface area (Å²) in [4.78, 5) is 25.1. The first-order valence-corrected chi connectivity index (χ1v) is 7.09. The third-order valence-corrected chi connectivity index (χ3v) is 3.26. The average Bonchev–Trinajstić information content (AvgIpc) is 2.53. The average molecular weight is 353 g/mol. The second-order valence-electron chi connectivity index (χ2n) is 5.21. The predicted molar refractivity (Wildman–Crippen MR) is 82.4 cm³/mol. The summed E-state index contributed by atoms with van der Waals surface area (Å²) >= 11 is 0. The normalized spacial score (nSPS) is 11.0. The molecule has 2 amide bonds. The summed E-state index contributed by atoms with van der Waals surface area (Å²) in [5.74, 6) is -1.40. The van der Waals surface area contributed by atoms with E-state index in [1.54, 1.807) is 0 Å². The van der Waals surface area contributed by atoms with E-state index in [4.69, 9.17) is 0 Å². The fourth-order valence-electron chi connectivity index (χ4n) is 2.12. The van der Waals surface area contributed by atoms with Crippen LogP contribution < -0.4 is 10.0 Å². The van der Waals surface area contributed by atoms with Gasteiger partial charge in [-0.1, -0.05) is 12.1 Å². The fourth-order valence-corrected chi connectivity index (χ4v) is 2.12. The number of rotatable bonds is 4. The van der Waals surface area contributed by atoms with Gasteiger partial charge in [-0.05, 0) is 18.2 Å². The molecular weight excluding hydrogens is 339 g/mol. The van der Waals surface area contributed by atoms with Crippen LogP contribution in [-0.4, -0.2) is 30.3 Å². The smallest absolute Gasteiger partial charge is 0.418 e. The lowest BCUT2D eigenvalue weighted by Gasteiger charge is -2.18. The van der Waals surface area contributed by atoms with Gasteiger partial charge in [0.1, 0.15) is 5.56 Å². The number of hydrogen-bond acceptors (Lipinski definition) is 3. The SMILES string of the molecule is CN(CC(=O)Nc1ccccc1C(F)(F)F)C(=O)c1ccc[n+]([O-])c1. The number of carbonyl (C=O) groups excluding carboxylic acids is 2. The Kier molecular flexibility index (Phi) is 5.26. The number of carbonyl (C=O) groups is 2. The monoisotopic (exact) mass is 353 g/mol. The van der Waals surface area contributed by atoms with E-state index in [0.717, 1.165) is 23.2 Å². The van der Waals surface area contributed by atoms with Gasteiger partial charge in [-0.25, -0.2) is 0 Å². The highest BCUT2D eigenvalue weighted by Gasteiger charge is 2.33. The first-order valence-electron chi connectivity index (χ1n) is 7.09. The molecule has 0 saturated heterocycles. The Morgan fingerprint density at radius 3 is 2.52 bits per heavy atom. The molecule has 0 unspecified atom stereocenters. The van der Waals surface area contributed by atoms with Crippen LogP contribution in [0.3, 0.4) is 0 Å². The number of para-hydroxylation sites is 1. The van der Waals surface area contributed by atoms with Crippen molar-refractivity contribution in [3.63, 3.8) is 0 Å². The highest BCUT2D eigenvalue weighted by Crippen LogP contribution is 2.34. The molecular formula is C16H14F3N3O3. The maximum Gasteiger partial charge on any atom is 0.418 e. The van der Waals surface area contributed by atoms with E-state index >= 15 is 0 Å². The Balaban J connectivity index is 2.07. The van der Waals surface area contributed by atoms with Crippen LogP contribution in [-0.2, 0) is 11.0 Å². The van der Waals surface area contributed by atoms with Crippen molar-refractivity contribution in [2.45, 2.75) is 6.18 Å². The molecule has 0 aliphatic carbocycles. The minimum absolute atomic E-state index is 0.0588. The van der Waals surface area contributed by atoms with Gasteiger partial charge < -0.3 is 15.4 Å². The highest BCUT2D eigenvalue weighted by molar-refractivity contribution is 5.99. The number of nitrogens with one attached hydrogen (secondary N) is 1. The number of likely N-dealkylation sites (N-methyl/N-ethyl adjacent to an activating group) is 1. The molecule has 6 nitrogen and oxygen atoms in total. The lowest BCUT2D eigenvalue weighted by molar-refractivity contribution is -0.605. The van der Waals surface area contributed by atoms with Gasteiger partial charge in [0.05, 0.1) is 17.8 Å². The van der Waals surface area contributed by atoms with E-state index in [-0.39, 0.29) is 5.56 Å². The molecule has 0 aliphatic rings. The van der Waals surface area contributed by atoms with E-state index in [0.29, 0.717) is 4.73 Å². The van der Waals surface area contributed by atoms with Crippen molar-refractivity contribution in [2.75, 3.05) is 18.9 Å². The fraction of sp³-hybridized carbons (Fsp3) is 0.188. The van der Waals surface area contributed by atoms with Gasteiger partial charge in [0.2, 0.25) is 5.91 Å². The number of halogens is 3. The zero-order valence-electron chi connectivity index (χ0n) is 13.1. The molecule has 9 heteroatoms. The first kappa shape index (κ1) is 18.2. The second-order valence-corrected chi connectivity index (χ2v) is 5.21. The van der Waals surface area contributed by atoms with Crippen molar-refractivity contribution < 1.29 is 27.5 Å². The zero-order chi connectivity index (χ0) is 18.6. The van der Waals surface area contributed by atoms with Gasteiger partial charge in [-0.2, -0.15) is 17.9 Å². The minimum atomic E-state index is -4.61. The molecule has 0 saturated carbocycles. The first-order chi connectivity index (χ1) is 11.7. The Hall–Kier alpha value is -3.10. The molecule has 0 bridgehead atoms. The molecule has 0 radical (unpaired) electrons. The molecule has 25 heavy (non-hydrogen) atoms. The number of amides is 2. The number of nitrogens with zero attached hydrogens (tertiary/aromatic N) is 2. The van der Waals surface area contributed by atoms with Crippen LogP contribution in [0.5, 0.6) is 0 Å². The van der Waals surface area contributed by atoms with Crippen LogP contribution in [0.25, 0.3) is 0 Å². The lowest BCUT2D eigenvalue weighted by Crippen LogP contribution is -2.36. The largest absolute Gasteiger partial charge is 0.619 e. The summed E-state index contributed by atoms with van der Waals surface area (Å²) in [6, 6.07) is 7.30. The Morgan fingerprint density at radius 2 is 1.88 bits per heavy atom. The molecule has 1 N–H and O–H groups in total. The summed E-state index contributed by atoms with van der Waals surface area (Å²) in [6.45, 7) is -0.473. The summed E-state index contributed by atoms with van der Waals surface area (Å²) in [5.41, 5.74) is -1.31. The zero-order valence-corrected chi connectivity index (χ0v) is 13.1. The van der Waals surface area contributed by atoms with E-state index in [1.807, 2.05) is 0 Å². The number of alkyl halides is 3. The van der Waals surface area contributed by atoms with Crippen LogP contribution in [0.1, 0.15) is 15.9 Å². The molecule has 0 aliphatic heterocycles. The van der Waals surface area contributed by atoms with Gasteiger partial charge in [0, 0.05) is 13.1 Å². The molecule has 1 aromatic carbocycles. The molecule has 0 atom stereocenters. The number of hydrogen-bond donors (Lipinski definition) is 1. The standard InChI is InChI=1S/C16H14F3N3O3/c1-21(15(24)11-5-4-8-22(25)9-11)10-14(23)20-13-7-3-2-6-12(13)16(17,18)19/h2-9H,10H2,1H3,(H,20,23). The Bertz CT molecular complexity index is 793. The van der Waals surface area contributed by atoms with E-state index in [1.165, 1.54) is 37.5 Å². The van der Waals surface area contributed by atoms with Gasteiger partial charge in [0.15, 0.2) is 12.4 Å².